The van der Waals surface area contributed by atoms with E-state index in [-0.39, 0.29) is 5.78 Å². The Morgan fingerprint density at radius 1 is 1.40 bits per heavy atom. The van der Waals surface area contributed by atoms with Crippen LogP contribution in [0.4, 0.5) is 0 Å². The van der Waals surface area contributed by atoms with Gasteiger partial charge in [0.15, 0.2) is 5.78 Å². The number of hydrogen-bond acceptors (Lipinski definition) is 2. The Labute approximate surface area is 90.1 Å². The number of rotatable bonds is 4. The van der Waals surface area contributed by atoms with Gasteiger partial charge in [-0.1, -0.05) is 24.8 Å². The van der Waals surface area contributed by atoms with Crippen molar-refractivity contribution < 1.29 is 4.79 Å². The lowest BCUT2D eigenvalue weighted by molar-refractivity contribution is -0.113. The summed E-state index contributed by atoms with van der Waals surface area (Å²) in [7, 11) is 0. The highest BCUT2D eigenvalue weighted by molar-refractivity contribution is 5.96. The van der Waals surface area contributed by atoms with E-state index in [1.165, 1.54) is 6.92 Å². The third-order valence-electron chi connectivity index (χ3n) is 2.28. The van der Waals surface area contributed by atoms with Crippen molar-refractivity contribution in [3.05, 3.63) is 47.5 Å². The Bertz CT molecular complexity index is 418. The summed E-state index contributed by atoms with van der Waals surface area (Å²) in [5.41, 5.74) is 3.06. The number of nitrogens with one attached hydrogen (secondary N) is 1. The fraction of sp³-hybridized carbons (Fsp3) is 0.231. The van der Waals surface area contributed by atoms with E-state index >= 15 is 0 Å². The highest BCUT2D eigenvalue weighted by Crippen LogP contribution is 2.10. The summed E-state index contributed by atoms with van der Waals surface area (Å²) in [6, 6.07) is 7.66. The van der Waals surface area contributed by atoms with Gasteiger partial charge in [-0.2, -0.15) is 0 Å². The summed E-state index contributed by atoms with van der Waals surface area (Å²) in [6.45, 7) is 6.99. The van der Waals surface area contributed by atoms with E-state index in [1.54, 1.807) is 6.92 Å². The monoisotopic (exact) mass is 201 g/mol. The van der Waals surface area contributed by atoms with Crippen molar-refractivity contribution in [3.63, 3.8) is 0 Å². The van der Waals surface area contributed by atoms with Crippen LogP contribution in [0.2, 0.25) is 0 Å². The maximum absolute atomic E-state index is 11.0. The predicted molar refractivity (Wildman–Crippen MR) is 62.5 cm³/mol. The van der Waals surface area contributed by atoms with Crippen LogP contribution < -0.4 is 0 Å². The second-order valence-electron chi connectivity index (χ2n) is 3.66. The molecule has 0 aliphatic carbocycles. The van der Waals surface area contributed by atoms with E-state index in [9.17, 15) is 4.79 Å². The first-order valence-electron chi connectivity index (χ1n) is 4.84. The molecule has 0 amide bonds. The summed E-state index contributed by atoms with van der Waals surface area (Å²) in [5.74, 6) is 0.0204. The molecule has 0 fully saturated rings. The Hall–Kier alpha value is -1.70. The quantitative estimate of drug-likeness (QED) is 0.590. The molecule has 1 N–H and O–H groups in total. The minimum absolute atomic E-state index is 0.0204. The van der Waals surface area contributed by atoms with E-state index in [0.29, 0.717) is 17.7 Å². The van der Waals surface area contributed by atoms with Crippen molar-refractivity contribution >= 4 is 11.5 Å². The van der Waals surface area contributed by atoms with Gasteiger partial charge in [-0.25, -0.2) is 0 Å². The fourth-order valence-electron chi connectivity index (χ4n) is 1.29. The summed E-state index contributed by atoms with van der Waals surface area (Å²) < 4.78 is 0. The maximum atomic E-state index is 11.0. The Morgan fingerprint density at radius 3 is 2.60 bits per heavy atom. The van der Waals surface area contributed by atoms with Crippen molar-refractivity contribution in [2.45, 2.75) is 20.3 Å². The van der Waals surface area contributed by atoms with Gasteiger partial charge >= 0.3 is 0 Å². The smallest absolute Gasteiger partial charge is 0.155 e. The molecule has 2 heteroatoms. The molecule has 2 nitrogen and oxygen atoms in total. The number of hydrogen-bond donors (Lipinski definition) is 1. The van der Waals surface area contributed by atoms with Crippen LogP contribution in [0, 0.1) is 5.41 Å². The number of ketones is 1. The second kappa shape index (κ2) is 4.69. The Kier molecular flexibility index (Phi) is 3.56. The van der Waals surface area contributed by atoms with Crippen LogP contribution in [0.1, 0.15) is 25.0 Å². The summed E-state index contributed by atoms with van der Waals surface area (Å²) in [4.78, 5) is 11.0. The zero-order valence-electron chi connectivity index (χ0n) is 9.13. The highest BCUT2D eigenvalue weighted by atomic mass is 16.1. The van der Waals surface area contributed by atoms with Crippen molar-refractivity contribution in [2.75, 3.05) is 0 Å². The molecule has 0 bridgehead atoms. The lowest BCUT2D eigenvalue weighted by atomic mass is 10.0. The molecule has 15 heavy (non-hydrogen) atoms. The van der Waals surface area contributed by atoms with Crippen molar-refractivity contribution in [1.29, 1.82) is 5.41 Å². The zero-order chi connectivity index (χ0) is 11.4. The number of carbonyl (C=O) groups is 1. The molecule has 0 aromatic heterocycles. The topological polar surface area (TPSA) is 40.9 Å². The molecular formula is C13H15NO. The third kappa shape index (κ3) is 3.17. The molecule has 1 aromatic carbocycles. The molecule has 0 spiro atoms. The summed E-state index contributed by atoms with van der Waals surface area (Å²) >= 11 is 0. The van der Waals surface area contributed by atoms with Crippen LogP contribution in [0.5, 0.6) is 0 Å². The van der Waals surface area contributed by atoms with Gasteiger partial charge in [-0.15, -0.1) is 0 Å². The molecule has 0 aliphatic heterocycles. The fourth-order valence-corrected chi connectivity index (χ4v) is 1.29. The van der Waals surface area contributed by atoms with Crippen LogP contribution in [-0.2, 0) is 11.2 Å². The second-order valence-corrected chi connectivity index (χ2v) is 3.66. The van der Waals surface area contributed by atoms with Crippen LogP contribution in [-0.4, -0.2) is 11.5 Å². The van der Waals surface area contributed by atoms with Crippen LogP contribution >= 0.6 is 0 Å². The van der Waals surface area contributed by atoms with Crippen molar-refractivity contribution in [1.82, 2.24) is 0 Å². The SMILES string of the molecule is C=C(Cc1cccc(C(C)=N)c1)C(C)=O. The molecule has 0 radical (unpaired) electrons. The standard InChI is InChI=1S/C13H15NO/c1-9(11(3)15)7-12-5-4-6-13(8-12)10(2)14/h4-6,8,14H,1,7H2,2-3H3. The van der Waals surface area contributed by atoms with E-state index < -0.39 is 0 Å². The normalized spacial score (nSPS) is 9.73. The number of benzene rings is 1. The first-order valence-corrected chi connectivity index (χ1v) is 4.84. The average molecular weight is 201 g/mol. The molecule has 0 saturated heterocycles. The van der Waals surface area contributed by atoms with E-state index in [2.05, 4.69) is 6.58 Å². The molecule has 78 valence electrons. The van der Waals surface area contributed by atoms with E-state index in [1.807, 2.05) is 24.3 Å². The lowest BCUT2D eigenvalue weighted by Gasteiger charge is -2.04. The van der Waals surface area contributed by atoms with Gasteiger partial charge in [0.1, 0.15) is 0 Å². The first kappa shape index (κ1) is 11.4. The largest absolute Gasteiger partial charge is 0.305 e. The van der Waals surface area contributed by atoms with Crippen LogP contribution in [0.15, 0.2) is 36.4 Å². The molecule has 0 heterocycles. The predicted octanol–water partition coefficient (Wildman–Crippen LogP) is 2.76. The van der Waals surface area contributed by atoms with Crippen molar-refractivity contribution in [3.8, 4) is 0 Å². The maximum Gasteiger partial charge on any atom is 0.155 e. The van der Waals surface area contributed by atoms with Gasteiger partial charge in [-0.3, -0.25) is 4.79 Å². The molecule has 1 aromatic rings. The lowest BCUT2D eigenvalue weighted by Crippen LogP contribution is -2.00. The van der Waals surface area contributed by atoms with E-state index in [0.717, 1.165) is 11.1 Å². The van der Waals surface area contributed by atoms with Crippen molar-refractivity contribution in [2.24, 2.45) is 0 Å². The zero-order valence-corrected chi connectivity index (χ0v) is 9.13. The molecule has 0 saturated carbocycles. The summed E-state index contributed by atoms with van der Waals surface area (Å²) in [5, 5.41) is 7.51. The molecule has 0 atom stereocenters. The minimum Gasteiger partial charge on any atom is -0.305 e. The van der Waals surface area contributed by atoms with Crippen LogP contribution in [0.25, 0.3) is 0 Å². The van der Waals surface area contributed by atoms with Gasteiger partial charge in [0.05, 0.1) is 0 Å². The Morgan fingerprint density at radius 2 is 2.07 bits per heavy atom. The van der Waals surface area contributed by atoms with Gasteiger partial charge < -0.3 is 5.41 Å². The van der Waals surface area contributed by atoms with Gasteiger partial charge in [0, 0.05) is 12.1 Å². The van der Waals surface area contributed by atoms with Gasteiger partial charge in [0.2, 0.25) is 0 Å². The number of Topliss-reactive ketones (excluding diaryl/α,β-unsaturated/α-hetero) is 1. The summed E-state index contributed by atoms with van der Waals surface area (Å²) in [6.07, 6.45) is 0.566. The van der Waals surface area contributed by atoms with E-state index in [4.69, 9.17) is 5.41 Å². The van der Waals surface area contributed by atoms with Gasteiger partial charge in [-0.05, 0) is 36.6 Å². The molecule has 1 rings (SSSR count). The molecular weight excluding hydrogens is 186 g/mol. The van der Waals surface area contributed by atoms with Gasteiger partial charge in [0.25, 0.3) is 0 Å². The number of carbonyl (C=O) groups excluding carboxylic acids is 1. The Balaban J connectivity index is 2.87. The average Bonchev–Trinajstić information content (AvgIpc) is 2.18. The van der Waals surface area contributed by atoms with Crippen LogP contribution in [0.3, 0.4) is 0 Å². The molecule has 0 aliphatic rings. The number of allylic oxidation sites excluding steroid dienone is 1. The first-order chi connectivity index (χ1) is 7.00. The minimum atomic E-state index is 0.0204. The molecule has 0 unspecified atom stereocenters. The highest BCUT2D eigenvalue weighted by Gasteiger charge is 2.03. The third-order valence-corrected chi connectivity index (χ3v) is 2.28.